The summed E-state index contributed by atoms with van der Waals surface area (Å²) >= 11 is 0. The minimum absolute atomic E-state index is 0.169. The Morgan fingerprint density at radius 3 is 2.61 bits per heavy atom. The van der Waals surface area contributed by atoms with Gasteiger partial charge in [0.2, 0.25) is 11.8 Å². The van der Waals surface area contributed by atoms with E-state index in [9.17, 15) is 9.59 Å². The van der Waals surface area contributed by atoms with Crippen molar-refractivity contribution in [2.24, 2.45) is 5.73 Å². The second-order valence-corrected chi connectivity index (χ2v) is 5.13. The van der Waals surface area contributed by atoms with Crippen LogP contribution in [0.15, 0.2) is 0 Å². The van der Waals surface area contributed by atoms with Gasteiger partial charge in [0.05, 0.1) is 13.1 Å². The van der Waals surface area contributed by atoms with Crippen molar-refractivity contribution in [3.63, 3.8) is 0 Å². The lowest BCUT2D eigenvalue weighted by molar-refractivity contribution is -0.130. The lowest BCUT2D eigenvalue weighted by atomic mass is 10.3. The molecule has 0 aromatic heterocycles. The zero-order chi connectivity index (χ0) is 13.0. The topological polar surface area (TPSA) is 78.7 Å². The lowest BCUT2D eigenvalue weighted by Gasteiger charge is -2.21. The average molecular weight is 254 g/mol. The molecule has 0 aromatic rings. The number of hydrogen-bond donors (Lipinski definition) is 2. The predicted molar refractivity (Wildman–Crippen MR) is 67.9 cm³/mol. The van der Waals surface area contributed by atoms with Crippen molar-refractivity contribution in [1.82, 2.24) is 15.1 Å². The second kappa shape index (κ2) is 6.15. The molecule has 0 unspecified atom stereocenters. The predicted octanol–water partition coefficient (Wildman–Crippen LogP) is -1.24. The van der Waals surface area contributed by atoms with Crippen molar-refractivity contribution in [2.75, 3.05) is 39.3 Å². The molecule has 1 saturated heterocycles. The van der Waals surface area contributed by atoms with Crippen LogP contribution in [-0.2, 0) is 9.59 Å². The molecular formula is C12H22N4O2. The highest BCUT2D eigenvalue weighted by Crippen LogP contribution is 2.18. The van der Waals surface area contributed by atoms with Crippen molar-refractivity contribution >= 4 is 11.8 Å². The smallest absolute Gasteiger partial charge is 0.236 e. The Kier molecular flexibility index (Phi) is 4.54. The van der Waals surface area contributed by atoms with Crippen LogP contribution in [0.25, 0.3) is 0 Å². The summed E-state index contributed by atoms with van der Waals surface area (Å²) in [5.41, 5.74) is 5.19. The first-order chi connectivity index (χ1) is 8.65. The standard InChI is InChI=1S/C12H22N4O2/c13-11(17)9-15-4-1-5-16(7-6-15)12(18)8-14-10-2-3-10/h10,14H,1-9H2,(H2,13,17). The van der Waals surface area contributed by atoms with E-state index in [2.05, 4.69) is 5.32 Å². The molecule has 1 aliphatic carbocycles. The van der Waals surface area contributed by atoms with Gasteiger partial charge in [0.25, 0.3) is 0 Å². The number of carbonyl (C=O) groups is 2. The molecule has 1 saturated carbocycles. The van der Waals surface area contributed by atoms with Crippen molar-refractivity contribution in [3.8, 4) is 0 Å². The first-order valence-electron chi connectivity index (χ1n) is 6.67. The van der Waals surface area contributed by atoms with E-state index < -0.39 is 0 Å². The quantitative estimate of drug-likeness (QED) is 0.643. The molecular weight excluding hydrogens is 232 g/mol. The van der Waals surface area contributed by atoms with Gasteiger partial charge in [0.1, 0.15) is 0 Å². The van der Waals surface area contributed by atoms with E-state index in [0.29, 0.717) is 25.7 Å². The number of carbonyl (C=O) groups excluding carboxylic acids is 2. The maximum atomic E-state index is 12.0. The van der Waals surface area contributed by atoms with Crippen molar-refractivity contribution in [1.29, 1.82) is 0 Å². The van der Waals surface area contributed by atoms with Crippen LogP contribution in [0, 0.1) is 0 Å². The Labute approximate surface area is 107 Å². The lowest BCUT2D eigenvalue weighted by Crippen LogP contribution is -2.41. The molecule has 0 bridgehead atoms. The fourth-order valence-electron chi connectivity index (χ4n) is 2.23. The molecule has 2 amide bonds. The van der Waals surface area contributed by atoms with Crippen LogP contribution in [0.2, 0.25) is 0 Å². The highest BCUT2D eigenvalue weighted by atomic mass is 16.2. The van der Waals surface area contributed by atoms with Gasteiger partial charge >= 0.3 is 0 Å². The van der Waals surface area contributed by atoms with E-state index >= 15 is 0 Å². The van der Waals surface area contributed by atoms with Crippen LogP contribution >= 0.6 is 0 Å². The van der Waals surface area contributed by atoms with Gasteiger partial charge in [0.15, 0.2) is 0 Å². The summed E-state index contributed by atoms with van der Waals surface area (Å²) in [5.74, 6) is -0.131. The monoisotopic (exact) mass is 254 g/mol. The third-order valence-corrected chi connectivity index (χ3v) is 3.44. The summed E-state index contributed by atoms with van der Waals surface area (Å²) < 4.78 is 0. The fraction of sp³-hybridized carbons (Fsp3) is 0.833. The first kappa shape index (κ1) is 13.3. The number of nitrogens with zero attached hydrogens (tertiary/aromatic N) is 2. The molecule has 1 aliphatic heterocycles. The van der Waals surface area contributed by atoms with Crippen molar-refractivity contribution in [2.45, 2.75) is 25.3 Å². The Morgan fingerprint density at radius 2 is 1.94 bits per heavy atom. The van der Waals surface area contributed by atoms with E-state index in [-0.39, 0.29) is 11.8 Å². The Morgan fingerprint density at radius 1 is 1.17 bits per heavy atom. The van der Waals surface area contributed by atoms with E-state index in [1.54, 1.807) is 0 Å². The molecule has 2 fully saturated rings. The van der Waals surface area contributed by atoms with E-state index in [0.717, 1.165) is 26.1 Å². The number of hydrogen-bond acceptors (Lipinski definition) is 4. The van der Waals surface area contributed by atoms with Crippen molar-refractivity contribution in [3.05, 3.63) is 0 Å². The van der Waals surface area contributed by atoms with Gasteiger partial charge in [0, 0.05) is 32.2 Å². The number of nitrogens with two attached hydrogens (primary N) is 1. The maximum absolute atomic E-state index is 12.0. The number of nitrogens with one attached hydrogen (secondary N) is 1. The highest BCUT2D eigenvalue weighted by molar-refractivity contribution is 5.78. The Balaban J connectivity index is 1.72. The van der Waals surface area contributed by atoms with E-state index in [4.69, 9.17) is 5.73 Å². The van der Waals surface area contributed by atoms with E-state index in [1.807, 2.05) is 9.80 Å². The second-order valence-electron chi connectivity index (χ2n) is 5.13. The molecule has 6 nitrogen and oxygen atoms in total. The summed E-state index contributed by atoms with van der Waals surface area (Å²) in [6, 6.07) is 0.562. The van der Waals surface area contributed by atoms with Gasteiger partial charge in [-0.3, -0.25) is 14.5 Å². The van der Waals surface area contributed by atoms with Gasteiger partial charge in [-0.15, -0.1) is 0 Å². The summed E-state index contributed by atoms with van der Waals surface area (Å²) in [5, 5.41) is 3.24. The molecule has 2 rings (SSSR count). The minimum atomic E-state index is -0.301. The van der Waals surface area contributed by atoms with E-state index in [1.165, 1.54) is 12.8 Å². The summed E-state index contributed by atoms with van der Waals surface area (Å²) in [6.07, 6.45) is 3.29. The third kappa shape index (κ3) is 4.27. The third-order valence-electron chi connectivity index (χ3n) is 3.44. The molecule has 0 aromatic carbocycles. The molecule has 18 heavy (non-hydrogen) atoms. The Bertz CT molecular complexity index is 317. The molecule has 0 radical (unpaired) electrons. The highest BCUT2D eigenvalue weighted by Gasteiger charge is 2.24. The van der Waals surface area contributed by atoms with Crippen LogP contribution in [0.4, 0.5) is 0 Å². The summed E-state index contributed by atoms with van der Waals surface area (Å²) in [6.45, 7) is 3.78. The van der Waals surface area contributed by atoms with Crippen LogP contribution in [0.3, 0.4) is 0 Å². The van der Waals surface area contributed by atoms with Crippen LogP contribution in [-0.4, -0.2) is 66.9 Å². The SMILES string of the molecule is NC(=O)CN1CCCN(C(=O)CNC2CC2)CC1. The molecule has 102 valence electrons. The van der Waals surface area contributed by atoms with Crippen LogP contribution < -0.4 is 11.1 Å². The van der Waals surface area contributed by atoms with Gasteiger partial charge in [-0.2, -0.15) is 0 Å². The molecule has 6 heteroatoms. The van der Waals surface area contributed by atoms with Crippen LogP contribution in [0.1, 0.15) is 19.3 Å². The largest absolute Gasteiger partial charge is 0.369 e. The van der Waals surface area contributed by atoms with Crippen LogP contribution in [0.5, 0.6) is 0 Å². The fourth-order valence-corrected chi connectivity index (χ4v) is 2.23. The number of rotatable bonds is 5. The minimum Gasteiger partial charge on any atom is -0.369 e. The number of amides is 2. The average Bonchev–Trinajstić information content (AvgIpc) is 3.12. The summed E-state index contributed by atoms with van der Waals surface area (Å²) in [7, 11) is 0. The summed E-state index contributed by atoms with van der Waals surface area (Å²) in [4.78, 5) is 26.7. The molecule has 2 aliphatic rings. The van der Waals surface area contributed by atoms with Gasteiger partial charge < -0.3 is 16.0 Å². The normalized spacial score (nSPS) is 21.7. The number of primary amides is 1. The van der Waals surface area contributed by atoms with Gasteiger partial charge in [-0.25, -0.2) is 0 Å². The van der Waals surface area contributed by atoms with Crippen molar-refractivity contribution < 1.29 is 9.59 Å². The Hall–Kier alpha value is -1.14. The zero-order valence-corrected chi connectivity index (χ0v) is 10.7. The van der Waals surface area contributed by atoms with Gasteiger partial charge in [-0.1, -0.05) is 0 Å². The first-order valence-corrected chi connectivity index (χ1v) is 6.67. The van der Waals surface area contributed by atoms with Gasteiger partial charge in [-0.05, 0) is 19.3 Å². The molecule has 0 atom stereocenters. The molecule has 0 spiro atoms. The molecule has 1 heterocycles. The zero-order valence-electron chi connectivity index (χ0n) is 10.7. The maximum Gasteiger partial charge on any atom is 0.236 e. The molecule has 3 N–H and O–H groups in total.